The molecule has 3 atom stereocenters. The van der Waals surface area contributed by atoms with E-state index < -0.39 is 0 Å². The van der Waals surface area contributed by atoms with Crippen LogP contribution in [0.5, 0.6) is 0 Å². The fourth-order valence-electron chi connectivity index (χ4n) is 2.33. The lowest BCUT2D eigenvalue weighted by Crippen LogP contribution is -2.26. The third kappa shape index (κ3) is 1.92. The first-order chi connectivity index (χ1) is 7.15. The molecule has 0 aromatic heterocycles. The Morgan fingerprint density at radius 1 is 1.20 bits per heavy atom. The minimum absolute atomic E-state index is 0.467. The van der Waals surface area contributed by atoms with Crippen LogP contribution >= 0.6 is 0 Å². The Hall–Kier alpha value is -0.860. The quantitative estimate of drug-likeness (QED) is 0.586. The van der Waals surface area contributed by atoms with E-state index in [9.17, 15) is 0 Å². The maximum atomic E-state index is 5.48. The summed E-state index contributed by atoms with van der Waals surface area (Å²) in [4.78, 5) is 0. The van der Waals surface area contributed by atoms with Gasteiger partial charge in [-0.1, -0.05) is 45.0 Å². The Morgan fingerprint density at radius 3 is 2.20 bits per heavy atom. The molecule has 0 amide bonds. The van der Waals surface area contributed by atoms with Crippen molar-refractivity contribution in [3.63, 3.8) is 0 Å². The maximum absolute atomic E-state index is 5.48. The first kappa shape index (κ1) is 10.7. The average molecular weight is 204 g/mol. The Morgan fingerprint density at radius 2 is 1.80 bits per heavy atom. The normalized spacial score (nSPS) is 29.5. The largest absolute Gasteiger partial charge is 0.271 e. The standard InChI is InChI=1S/C13H20N2/c1-8(2)10-4-6-11(7-5-10)12-9(3)13(12)15-14/h4-9,12-13,15H,14H2,1-3H3/t9-,12-,13+/m1/s1. The van der Waals surface area contributed by atoms with Gasteiger partial charge in [0.05, 0.1) is 0 Å². The van der Waals surface area contributed by atoms with Gasteiger partial charge in [0, 0.05) is 12.0 Å². The summed E-state index contributed by atoms with van der Waals surface area (Å²) in [5.41, 5.74) is 5.69. The number of benzene rings is 1. The van der Waals surface area contributed by atoms with Crippen LogP contribution in [0.3, 0.4) is 0 Å². The van der Waals surface area contributed by atoms with Gasteiger partial charge in [-0.15, -0.1) is 0 Å². The van der Waals surface area contributed by atoms with Crippen molar-refractivity contribution in [3.05, 3.63) is 35.4 Å². The van der Waals surface area contributed by atoms with Gasteiger partial charge in [0.25, 0.3) is 0 Å². The van der Waals surface area contributed by atoms with E-state index in [4.69, 9.17) is 5.84 Å². The Labute approximate surface area is 91.8 Å². The first-order valence-corrected chi connectivity index (χ1v) is 5.71. The van der Waals surface area contributed by atoms with Crippen LogP contribution in [0.2, 0.25) is 0 Å². The first-order valence-electron chi connectivity index (χ1n) is 5.71. The summed E-state index contributed by atoms with van der Waals surface area (Å²) in [6.07, 6.45) is 0. The number of hydrogen-bond acceptors (Lipinski definition) is 2. The van der Waals surface area contributed by atoms with Gasteiger partial charge < -0.3 is 0 Å². The van der Waals surface area contributed by atoms with Gasteiger partial charge in [-0.25, -0.2) is 0 Å². The predicted octanol–water partition coefficient (Wildman–Crippen LogP) is 2.38. The van der Waals surface area contributed by atoms with Crippen molar-refractivity contribution in [1.82, 2.24) is 5.43 Å². The van der Waals surface area contributed by atoms with E-state index in [2.05, 4.69) is 50.5 Å². The molecule has 1 saturated carbocycles. The zero-order valence-electron chi connectivity index (χ0n) is 9.70. The molecule has 0 aliphatic heterocycles. The highest BCUT2D eigenvalue weighted by Crippen LogP contribution is 2.46. The molecule has 2 nitrogen and oxygen atoms in total. The van der Waals surface area contributed by atoms with Gasteiger partial charge >= 0.3 is 0 Å². The van der Waals surface area contributed by atoms with Crippen molar-refractivity contribution in [2.75, 3.05) is 0 Å². The van der Waals surface area contributed by atoms with Crippen LogP contribution in [-0.2, 0) is 0 Å². The Kier molecular flexibility index (Phi) is 2.81. The lowest BCUT2D eigenvalue weighted by molar-refractivity contribution is 0.685. The van der Waals surface area contributed by atoms with E-state index in [-0.39, 0.29) is 0 Å². The average Bonchev–Trinajstić information content (AvgIpc) is 2.89. The highest BCUT2D eigenvalue weighted by molar-refractivity contribution is 5.33. The Bertz CT molecular complexity index is 329. The third-order valence-corrected chi connectivity index (χ3v) is 3.56. The van der Waals surface area contributed by atoms with Crippen LogP contribution in [0.1, 0.15) is 43.7 Å². The van der Waals surface area contributed by atoms with Gasteiger partial charge in [-0.3, -0.25) is 11.3 Å². The minimum Gasteiger partial charge on any atom is -0.271 e. The highest BCUT2D eigenvalue weighted by Gasteiger charge is 2.46. The number of hydrazine groups is 1. The SMILES string of the molecule is CC(C)c1ccc([C@H]2[C@@H](C)[C@@H]2NN)cc1. The third-order valence-electron chi connectivity index (χ3n) is 3.56. The molecule has 0 unspecified atom stereocenters. The molecular formula is C13H20N2. The molecule has 0 bridgehead atoms. The van der Waals surface area contributed by atoms with Crippen LogP contribution in [0.25, 0.3) is 0 Å². The minimum atomic E-state index is 0.467. The van der Waals surface area contributed by atoms with Gasteiger partial charge in [-0.2, -0.15) is 0 Å². The predicted molar refractivity (Wildman–Crippen MR) is 63.5 cm³/mol. The zero-order valence-corrected chi connectivity index (χ0v) is 9.70. The van der Waals surface area contributed by atoms with Crippen molar-refractivity contribution in [2.45, 2.75) is 38.6 Å². The second kappa shape index (κ2) is 3.95. The van der Waals surface area contributed by atoms with E-state index in [1.54, 1.807) is 0 Å². The van der Waals surface area contributed by atoms with Crippen LogP contribution in [0.4, 0.5) is 0 Å². The van der Waals surface area contributed by atoms with Crippen molar-refractivity contribution in [3.8, 4) is 0 Å². The van der Waals surface area contributed by atoms with Crippen molar-refractivity contribution < 1.29 is 0 Å². The molecule has 1 aliphatic rings. The number of hydrogen-bond donors (Lipinski definition) is 2. The van der Waals surface area contributed by atoms with E-state index in [1.165, 1.54) is 11.1 Å². The van der Waals surface area contributed by atoms with Crippen LogP contribution < -0.4 is 11.3 Å². The molecule has 3 N–H and O–H groups in total. The molecule has 1 aromatic carbocycles. The van der Waals surface area contributed by atoms with Gasteiger partial charge in [0.1, 0.15) is 0 Å². The molecule has 0 spiro atoms. The van der Waals surface area contributed by atoms with Crippen molar-refractivity contribution in [2.24, 2.45) is 11.8 Å². The summed E-state index contributed by atoms with van der Waals surface area (Å²) >= 11 is 0. The molecule has 1 aromatic rings. The van der Waals surface area contributed by atoms with Crippen LogP contribution in [0, 0.1) is 5.92 Å². The lowest BCUT2D eigenvalue weighted by Gasteiger charge is -2.06. The fraction of sp³-hybridized carbons (Fsp3) is 0.538. The zero-order chi connectivity index (χ0) is 11.0. The molecule has 0 saturated heterocycles. The lowest BCUT2D eigenvalue weighted by atomic mass is 10.00. The van der Waals surface area contributed by atoms with E-state index in [0.29, 0.717) is 23.8 Å². The van der Waals surface area contributed by atoms with E-state index in [0.717, 1.165) is 0 Å². The summed E-state index contributed by atoms with van der Waals surface area (Å²) in [5, 5.41) is 0. The van der Waals surface area contributed by atoms with Gasteiger partial charge in [0.15, 0.2) is 0 Å². The van der Waals surface area contributed by atoms with E-state index in [1.807, 2.05) is 0 Å². The van der Waals surface area contributed by atoms with Crippen LogP contribution in [-0.4, -0.2) is 6.04 Å². The second-order valence-electron chi connectivity index (χ2n) is 4.90. The van der Waals surface area contributed by atoms with Crippen molar-refractivity contribution >= 4 is 0 Å². The number of nitrogens with one attached hydrogen (secondary N) is 1. The Balaban J connectivity index is 2.12. The molecule has 1 fully saturated rings. The molecule has 2 rings (SSSR count). The molecule has 2 heteroatoms. The summed E-state index contributed by atoms with van der Waals surface area (Å²) < 4.78 is 0. The molecule has 82 valence electrons. The topological polar surface area (TPSA) is 38.0 Å². The summed E-state index contributed by atoms with van der Waals surface area (Å²) in [6, 6.07) is 9.42. The fourth-order valence-corrected chi connectivity index (χ4v) is 2.33. The number of rotatable bonds is 3. The highest BCUT2D eigenvalue weighted by atomic mass is 15.3. The summed E-state index contributed by atoms with van der Waals surface area (Å²) in [7, 11) is 0. The molecule has 0 heterocycles. The molecule has 0 radical (unpaired) electrons. The molecule has 1 aliphatic carbocycles. The monoisotopic (exact) mass is 204 g/mol. The maximum Gasteiger partial charge on any atom is 0.0314 e. The second-order valence-corrected chi connectivity index (χ2v) is 4.90. The molecular weight excluding hydrogens is 184 g/mol. The van der Waals surface area contributed by atoms with Crippen molar-refractivity contribution in [1.29, 1.82) is 0 Å². The van der Waals surface area contributed by atoms with Crippen LogP contribution in [0.15, 0.2) is 24.3 Å². The summed E-state index contributed by atoms with van der Waals surface area (Å²) in [6.45, 7) is 6.68. The van der Waals surface area contributed by atoms with Gasteiger partial charge in [-0.05, 0) is 23.0 Å². The number of nitrogens with two attached hydrogens (primary N) is 1. The molecule has 15 heavy (non-hydrogen) atoms. The van der Waals surface area contributed by atoms with Gasteiger partial charge in [0.2, 0.25) is 0 Å². The smallest absolute Gasteiger partial charge is 0.0314 e. The van der Waals surface area contributed by atoms with E-state index >= 15 is 0 Å². The summed E-state index contributed by atoms with van der Waals surface area (Å²) in [5.74, 6) is 7.36.